The van der Waals surface area contributed by atoms with E-state index in [1.165, 1.54) is 32.1 Å². The smallest absolute Gasteiger partial charge is 0.131 e. The van der Waals surface area contributed by atoms with Crippen LogP contribution in [0.15, 0.2) is 27.1 Å². The van der Waals surface area contributed by atoms with E-state index in [-0.39, 0.29) is 0 Å². The van der Waals surface area contributed by atoms with Gasteiger partial charge in [-0.2, -0.15) is 0 Å². The molecular formula is C16H19Br2N3. The lowest BCUT2D eigenvalue weighted by molar-refractivity contribution is 0.422. The largest absolute Gasteiger partial charge is 0.383 e. The summed E-state index contributed by atoms with van der Waals surface area (Å²) in [7, 11) is 2.03. The second kappa shape index (κ2) is 6.13. The summed E-state index contributed by atoms with van der Waals surface area (Å²) in [5, 5.41) is 0. The van der Waals surface area contributed by atoms with Gasteiger partial charge < -0.3 is 10.3 Å². The van der Waals surface area contributed by atoms with Crippen molar-refractivity contribution in [2.24, 2.45) is 7.05 Å². The van der Waals surface area contributed by atoms with Gasteiger partial charge >= 0.3 is 0 Å². The van der Waals surface area contributed by atoms with Crippen LogP contribution < -0.4 is 5.73 Å². The van der Waals surface area contributed by atoms with Gasteiger partial charge in [0, 0.05) is 27.5 Å². The molecule has 0 amide bonds. The molecule has 0 atom stereocenters. The standard InChI is InChI=1S/C16H19Br2N3/c1-21-15(19)14(11-7-8-12(17)13(18)9-11)20-16(21)10-5-3-2-4-6-10/h7-10H,2-6,19H2,1H3. The van der Waals surface area contributed by atoms with Crippen molar-refractivity contribution in [1.29, 1.82) is 0 Å². The van der Waals surface area contributed by atoms with Crippen LogP contribution in [-0.2, 0) is 7.05 Å². The van der Waals surface area contributed by atoms with Gasteiger partial charge in [-0.05, 0) is 56.8 Å². The first-order valence-corrected chi connectivity index (χ1v) is 8.94. The summed E-state index contributed by atoms with van der Waals surface area (Å²) in [6.07, 6.45) is 6.41. The number of nitrogen functional groups attached to an aromatic ring is 1. The van der Waals surface area contributed by atoms with E-state index in [4.69, 9.17) is 10.7 Å². The quantitative estimate of drug-likeness (QED) is 0.732. The third-order valence-corrected chi connectivity index (χ3v) is 6.22. The van der Waals surface area contributed by atoms with Crippen molar-refractivity contribution in [3.63, 3.8) is 0 Å². The van der Waals surface area contributed by atoms with E-state index in [1.807, 2.05) is 13.1 Å². The van der Waals surface area contributed by atoms with E-state index in [1.54, 1.807) is 0 Å². The minimum atomic E-state index is 0.554. The highest BCUT2D eigenvalue weighted by Gasteiger charge is 2.23. The average Bonchev–Trinajstić information content (AvgIpc) is 2.79. The number of benzene rings is 1. The normalized spacial score (nSPS) is 16.3. The zero-order valence-electron chi connectivity index (χ0n) is 12.1. The van der Waals surface area contributed by atoms with Crippen LogP contribution in [0.4, 0.5) is 5.82 Å². The fourth-order valence-electron chi connectivity index (χ4n) is 3.11. The predicted octanol–water partition coefficient (Wildman–Crippen LogP) is 5.24. The molecule has 0 saturated heterocycles. The van der Waals surface area contributed by atoms with Crippen LogP contribution >= 0.6 is 31.9 Å². The van der Waals surface area contributed by atoms with Gasteiger partial charge in [0.25, 0.3) is 0 Å². The zero-order chi connectivity index (χ0) is 15.0. The van der Waals surface area contributed by atoms with E-state index in [0.717, 1.165) is 31.8 Å². The predicted molar refractivity (Wildman–Crippen MR) is 94.3 cm³/mol. The first-order valence-electron chi connectivity index (χ1n) is 7.35. The fraction of sp³-hybridized carbons (Fsp3) is 0.438. The molecule has 2 aromatic rings. The van der Waals surface area contributed by atoms with Crippen LogP contribution in [0.25, 0.3) is 11.3 Å². The molecule has 1 aromatic heterocycles. The van der Waals surface area contributed by atoms with E-state index < -0.39 is 0 Å². The van der Waals surface area contributed by atoms with E-state index in [2.05, 4.69) is 48.6 Å². The van der Waals surface area contributed by atoms with E-state index in [0.29, 0.717) is 5.92 Å². The molecule has 0 radical (unpaired) electrons. The van der Waals surface area contributed by atoms with Crippen molar-refractivity contribution in [3.8, 4) is 11.3 Å². The van der Waals surface area contributed by atoms with Crippen molar-refractivity contribution in [1.82, 2.24) is 9.55 Å². The molecule has 1 aliphatic carbocycles. The number of hydrogen-bond acceptors (Lipinski definition) is 2. The minimum Gasteiger partial charge on any atom is -0.383 e. The molecule has 112 valence electrons. The monoisotopic (exact) mass is 411 g/mol. The summed E-state index contributed by atoms with van der Waals surface area (Å²) in [4.78, 5) is 4.88. The molecule has 3 nitrogen and oxygen atoms in total. The number of nitrogens with two attached hydrogens (primary N) is 1. The summed E-state index contributed by atoms with van der Waals surface area (Å²) in [6, 6.07) is 6.14. The van der Waals surface area contributed by atoms with Gasteiger partial charge in [-0.15, -0.1) is 0 Å². The molecule has 2 N–H and O–H groups in total. The Morgan fingerprint density at radius 2 is 1.86 bits per heavy atom. The molecular weight excluding hydrogens is 394 g/mol. The van der Waals surface area contributed by atoms with Crippen molar-refractivity contribution in [3.05, 3.63) is 33.0 Å². The highest BCUT2D eigenvalue weighted by atomic mass is 79.9. The molecule has 1 fully saturated rings. The average molecular weight is 413 g/mol. The van der Waals surface area contributed by atoms with Gasteiger partial charge in [-0.25, -0.2) is 4.98 Å². The Labute approximate surface area is 142 Å². The molecule has 21 heavy (non-hydrogen) atoms. The van der Waals surface area contributed by atoms with E-state index >= 15 is 0 Å². The van der Waals surface area contributed by atoms with Crippen molar-refractivity contribution < 1.29 is 0 Å². The maximum Gasteiger partial charge on any atom is 0.131 e. The number of hydrogen-bond donors (Lipinski definition) is 1. The minimum absolute atomic E-state index is 0.554. The second-order valence-electron chi connectivity index (χ2n) is 5.73. The van der Waals surface area contributed by atoms with Gasteiger partial charge in [0.15, 0.2) is 0 Å². The van der Waals surface area contributed by atoms with Gasteiger partial charge in [-0.1, -0.05) is 25.3 Å². The Bertz CT molecular complexity index is 658. The van der Waals surface area contributed by atoms with Gasteiger partial charge in [-0.3, -0.25) is 0 Å². The molecule has 0 bridgehead atoms. The molecule has 0 unspecified atom stereocenters. The third kappa shape index (κ3) is 2.90. The molecule has 0 aliphatic heterocycles. The molecule has 1 saturated carbocycles. The lowest BCUT2D eigenvalue weighted by Crippen LogP contribution is -2.11. The summed E-state index contributed by atoms with van der Waals surface area (Å²) in [5.41, 5.74) is 8.25. The summed E-state index contributed by atoms with van der Waals surface area (Å²) >= 11 is 7.05. The van der Waals surface area contributed by atoms with Crippen molar-refractivity contribution in [2.45, 2.75) is 38.0 Å². The summed E-state index contributed by atoms with van der Waals surface area (Å²) in [5.74, 6) is 2.45. The maximum absolute atomic E-state index is 6.30. The summed E-state index contributed by atoms with van der Waals surface area (Å²) < 4.78 is 4.12. The number of aromatic nitrogens is 2. The van der Waals surface area contributed by atoms with Gasteiger partial charge in [0.2, 0.25) is 0 Å². The first-order chi connectivity index (χ1) is 10.1. The number of imidazole rings is 1. The molecule has 1 heterocycles. The number of anilines is 1. The zero-order valence-corrected chi connectivity index (χ0v) is 15.2. The van der Waals surface area contributed by atoms with Crippen LogP contribution in [0.2, 0.25) is 0 Å². The van der Waals surface area contributed by atoms with Crippen molar-refractivity contribution >= 4 is 37.7 Å². The first kappa shape index (κ1) is 15.1. The Balaban J connectivity index is 2.01. The Morgan fingerprint density at radius 3 is 2.52 bits per heavy atom. The Kier molecular flexibility index (Phi) is 4.41. The molecule has 1 aromatic carbocycles. The third-order valence-electron chi connectivity index (χ3n) is 4.34. The van der Waals surface area contributed by atoms with Crippen LogP contribution in [0.1, 0.15) is 43.8 Å². The van der Waals surface area contributed by atoms with Crippen LogP contribution in [0.3, 0.4) is 0 Å². The summed E-state index contributed by atoms with van der Waals surface area (Å²) in [6.45, 7) is 0. The molecule has 0 spiro atoms. The lowest BCUT2D eigenvalue weighted by atomic mass is 9.89. The second-order valence-corrected chi connectivity index (χ2v) is 7.44. The lowest BCUT2D eigenvalue weighted by Gasteiger charge is -2.21. The number of rotatable bonds is 2. The van der Waals surface area contributed by atoms with Crippen LogP contribution in [0.5, 0.6) is 0 Å². The van der Waals surface area contributed by atoms with Gasteiger partial charge in [0.05, 0.1) is 0 Å². The highest BCUT2D eigenvalue weighted by Crippen LogP contribution is 2.37. The molecule has 3 rings (SSSR count). The van der Waals surface area contributed by atoms with Crippen LogP contribution in [-0.4, -0.2) is 9.55 Å². The Hall–Kier alpha value is -0.810. The maximum atomic E-state index is 6.30. The SMILES string of the molecule is Cn1c(C2CCCCC2)nc(-c2ccc(Br)c(Br)c2)c1N. The van der Waals surface area contributed by atoms with E-state index in [9.17, 15) is 0 Å². The van der Waals surface area contributed by atoms with Crippen molar-refractivity contribution in [2.75, 3.05) is 5.73 Å². The molecule has 5 heteroatoms. The Morgan fingerprint density at radius 1 is 1.14 bits per heavy atom. The fourth-order valence-corrected chi connectivity index (χ4v) is 3.74. The number of nitrogens with zero attached hydrogens (tertiary/aromatic N) is 2. The topological polar surface area (TPSA) is 43.8 Å². The van der Waals surface area contributed by atoms with Gasteiger partial charge in [0.1, 0.15) is 17.3 Å². The number of halogens is 2. The van der Waals surface area contributed by atoms with Crippen LogP contribution in [0, 0.1) is 0 Å². The molecule has 1 aliphatic rings. The highest BCUT2D eigenvalue weighted by molar-refractivity contribution is 9.13.